The molecule has 2 rings (SSSR count). The largest absolute Gasteiger partial charge is 0.481 e. The van der Waals surface area contributed by atoms with Crippen molar-refractivity contribution < 1.29 is 32.2 Å². The predicted molar refractivity (Wildman–Crippen MR) is 152 cm³/mol. The zero-order valence-corrected chi connectivity index (χ0v) is 25.4. The Kier molecular flexibility index (Phi) is 22.5. The van der Waals surface area contributed by atoms with Gasteiger partial charge in [-0.05, 0) is 71.6 Å². The second-order valence-corrected chi connectivity index (χ2v) is 7.84. The van der Waals surface area contributed by atoms with Crippen LogP contribution >= 0.6 is 0 Å². The van der Waals surface area contributed by atoms with E-state index in [4.69, 9.17) is 14.3 Å². The van der Waals surface area contributed by atoms with Gasteiger partial charge in [-0.15, -0.1) is 16.8 Å². The molecule has 10 heteroatoms. The number of ether oxygens (including phenoxy) is 1. The van der Waals surface area contributed by atoms with Gasteiger partial charge in [0.2, 0.25) is 11.8 Å². The summed E-state index contributed by atoms with van der Waals surface area (Å²) in [5.41, 5.74) is -1.36. The summed E-state index contributed by atoms with van der Waals surface area (Å²) < 4.78 is 48.0. The normalized spacial score (nSPS) is 10.8. The van der Waals surface area contributed by atoms with Gasteiger partial charge in [-0.25, -0.2) is 4.79 Å². The molecular weight excluding hydrogens is 511 g/mol. The van der Waals surface area contributed by atoms with Gasteiger partial charge in [-0.1, -0.05) is 47.6 Å². The highest BCUT2D eigenvalue weighted by Crippen LogP contribution is 2.30. The Morgan fingerprint density at radius 3 is 1.92 bits per heavy atom. The standard InChI is InChI=1S/C13H14F3N3O.C9H16O3.C3H6.2C2H6/c1-3-19(2)8-11-17-18-12(20-11)9-4-6-10(7-5-9)13(14,15)16;1-5-7(6-2)12-9(3,4)8(10)11;1-3-2;2*1-2/h4-7H,3,8H2,1-2H3;5H,6H2,1-4H3,(H,10,11);3H,1H2,2H3;2*1-2H3/b;7-5+;;;. The highest BCUT2D eigenvalue weighted by atomic mass is 19.4. The Hall–Kier alpha value is -3.14. The van der Waals surface area contributed by atoms with Crippen LogP contribution in [0, 0.1) is 0 Å². The molecule has 0 unspecified atom stereocenters. The lowest BCUT2D eigenvalue weighted by Crippen LogP contribution is -2.34. The predicted octanol–water partition coefficient (Wildman–Crippen LogP) is 8.63. The van der Waals surface area contributed by atoms with E-state index in [1.807, 2.05) is 67.3 Å². The maximum Gasteiger partial charge on any atom is 0.416 e. The van der Waals surface area contributed by atoms with E-state index in [1.54, 1.807) is 12.2 Å². The molecule has 39 heavy (non-hydrogen) atoms. The topological polar surface area (TPSA) is 88.7 Å². The molecule has 0 bridgehead atoms. The number of halogens is 3. The molecule has 7 nitrogen and oxygen atoms in total. The highest BCUT2D eigenvalue weighted by Gasteiger charge is 2.30. The molecule has 224 valence electrons. The molecular formula is C29H48F3N3O4. The first-order chi connectivity index (χ1) is 18.2. The molecule has 0 fully saturated rings. The van der Waals surface area contributed by atoms with E-state index in [9.17, 15) is 18.0 Å². The molecule has 0 radical (unpaired) electrons. The molecule has 1 aromatic heterocycles. The van der Waals surface area contributed by atoms with Crippen molar-refractivity contribution in [3.05, 3.63) is 60.2 Å². The number of carboxylic acid groups (broad SMARTS) is 1. The summed E-state index contributed by atoms with van der Waals surface area (Å²) in [4.78, 5) is 12.6. The van der Waals surface area contributed by atoms with E-state index < -0.39 is 23.3 Å². The number of carboxylic acids is 1. The molecule has 0 aliphatic heterocycles. The van der Waals surface area contributed by atoms with E-state index in [-0.39, 0.29) is 5.89 Å². The summed E-state index contributed by atoms with van der Waals surface area (Å²) >= 11 is 0. The Morgan fingerprint density at radius 2 is 1.56 bits per heavy atom. The first kappa shape index (κ1) is 40.4. The third kappa shape index (κ3) is 17.1. The van der Waals surface area contributed by atoms with Crippen LogP contribution in [0.3, 0.4) is 0 Å². The SMILES string of the molecule is C/C=C(\CC)OC(C)(C)C(=O)O.C=CC.CC.CC.CCN(C)Cc1nnc(-c2ccc(C(F)(F)F)cc2)o1. The van der Waals surface area contributed by atoms with Crippen LogP contribution in [-0.2, 0) is 22.3 Å². The van der Waals surface area contributed by atoms with E-state index in [1.165, 1.54) is 26.0 Å². The van der Waals surface area contributed by atoms with Crippen molar-refractivity contribution in [1.29, 1.82) is 0 Å². The van der Waals surface area contributed by atoms with Crippen LogP contribution in [0.25, 0.3) is 11.5 Å². The molecule has 0 aliphatic rings. The molecule has 0 saturated carbocycles. The monoisotopic (exact) mass is 559 g/mol. The van der Waals surface area contributed by atoms with Crippen LogP contribution in [0.1, 0.15) is 87.1 Å². The number of alkyl halides is 3. The van der Waals surface area contributed by atoms with Crippen molar-refractivity contribution >= 4 is 5.97 Å². The van der Waals surface area contributed by atoms with Crippen molar-refractivity contribution in [3.8, 4) is 11.5 Å². The minimum absolute atomic E-state index is 0.221. The molecule has 2 aromatic rings. The molecule has 1 aromatic carbocycles. The van der Waals surface area contributed by atoms with Crippen molar-refractivity contribution in [2.24, 2.45) is 0 Å². The Morgan fingerprint density at radius 1 is 1.08 bits per heavy atom. The zero-order chi connectivity index (χ0) is 31.2. The lowest BCUT2D eigenvalue weighted by atomic mass is 10.1. The summed E-state index contributed by atoms with van der Waals surface area (Å²) in [6, 6.07) is 4.64. The number of hydrogen-bond donors (Lipinski definition) is 1. The lowest BCUT2D eigenvalue weighted by molar-refractivity contribution is -0.157. The molecule has 1 heterocycles. The number of allylic oxidation sites excluding steroid dienone is 3. The van der Waals surface area contributed by atoms with Crippen molar-refractivity contribution in [3.63, 3.8) is 0 Å². The van der Waals surface area contributed by atoms with Gasteiger partial charge in [0.05, 0.1) is 17.9 Å². The minimum Gasteiger partial charge on any atom is -0.481 e. The highest BCUT2D eigenvalue weighted by molar-refractivity contribution is 5.76. The van der Waals surface area contributed by atoms with Crippen LogP contribution in [0.15, 0.2) is 53.2 Å². The molecule has 0 spiro atoms. The number of carbonyl (C=O) groups is 1. The second-order valence-electron chi connectivity index (χ2n) is 7.84. The Bertz CT molecular complexity index is 938. The maximum atomic E-state index is 12.5. The van der Waals surface area contributed by atoms with E-state index in [2.05, 4.69) is 16.8 Å². The summed E-state index contributed by atoms with van der Waals surface area (Å²) in [6.45, 7) is 23.4. The summed E-state index contributed by atoms with van der Waals surface area (Å²) in [6.07, 6.45) is -0.0970. The van der Waals surface area contributed by atoms with Gasteiger partial charge >= 0.3 is 12.1 Å². The van der Waals surface area contributed by atoms with Gasteiger partial charge in [-0.3, -0.25) is 4.90 Å². The van der Waals surface area contributed by atoms with Crippen LogP contribution in [0.5, 0.6) is 0 Å². The van der Waals surface area contributed by atoms with E-state index in [0.717, 1.165) is 18.7 Å². The average Bonchev–Trinajstić information content (AvgIpc) is 3.38. The zero-order valence-electron chi connectivity index (χ0n) is 25.4. The van der Waals surface area contributed by atoms with Crippen molar-refractivity contribution in [1.82, 2.24) is 15.1 Å². The average molecular weight is 560 g/mol. The smallest absolute Gasteiger partial charge is 0.416 e. The Balaban J connectivity index is -0.000000584. The van der Waals surface area contributed by atoms with E-state index in [0.29, 0.717) is 30.2 Å². The third-order valence-electron chi connectivity index (χ3n) is 4.44. The minimum atomic E-state index is -4.34. The van der Waals surface area contributed by atoms with Gasteiger partial charge in [-0.2, -0.15) is 13.2 Å². The van der Waals surface area contributed by atoms with E-state index >= 15 is 0 Å². The number of aromatic nitrogens is 2. The number of nitrogens with zero attached hydrogens (tertiary/aromatic N) is 3. The van der Waals surface area contributed by atoms with Crippen molar-refractivity contribution in [2.75, 3.05) is 13.6 Å². The molecule has 0 aliphatic carbocycles. The fourth-order valence-electron chi connectivity index (χ4n) is 2.29. The number of benzene rings is 1. The van der Waals surface area contributed by atoms with Crippen LogP contribution in [0.2, 0.25) is 0 Å². The van der Waals surface area contributed by atoms with Gasteiger partial charge in [0.25, 0.3) is 0 Å². The lowest BCUT2D eigenvalue weighted by Gasteiger charge is -2.22. The van der Waals surface area contributed by atoms with Crippen LogP contribution in [-0.4, -0.2) is 45.4 Å². The fraction of sp³-hybridized carbons (Fsp3) is 0.552. The summed E-state index contributed by atoms with van der Waals surface area (Å²) in [5, 5.41) is 16.4. The van der Waals surface area contributed by atoms with Crippen LogP contribution < -0.4 is 0 Å². The summed E-state index contributed by atoms with van der Waals surface area (Å²) in [7, 11) is 1.90. The first-order valence-corrected chi connectivity index (χ1v) is 13.1. The van der Waals surface area contributed by atoms with Gasteiger partial charge in [0.15, 0.2) is 5.60 Å². The fourth-order valence-corrected chi connectivity index (χ4v) is 2.29. The number of hydrogen-bond acceptors (Lipinski definition) is 6. The van der Waals surface area contributed by atoms with Gasteiger partial charge in [0.1, 0.15) is 0 Å². The maximum absolute atomic E-state index is 12.5. The van der Waals surface area contributed by atoms with Gasteiger partial charge < -0.3 is 14.3 Å². The summed E-state index contributed by atoms with van der Waals surface area (Å²) in [5.74, 6) is 0.417. The second kappa shape index (κ2) is 21.8. The molecule has 0 atom stereocenters. The Labute approximate surface area is 232 Å². The van der Waals surface area contributed by atoms with Crippen LogP contribution in [0.4, 0.5) is 13.2 Å². The van der Waals surface area contributed by atoms with Gasteiger partial charge in [0, 0.05) is 12.0 Å². The number of rotatable bonds is 8. The molecule has 1 N–H and O–H groups in total. The number of aliphatic carboxylic acids is 1. The molecule has 0 amide bonds. The van der Waals surface area contributed by atoms with Crippen molar-refractivity contribution in [2.45, 2.75) is 94.0 Å². The molecule has 0 saturated heterocycles. The quantitative estimate of drug-likeness (QED) is 0.256. The third-order valence-corrected chi connectivity index (χ3v) is 4.44. The first-order valence-electron chi connectivity index (χ1n) is 13.1.